The second kappa shape index (κ2) is 57.5. The third-order valence-electron chi connectivity index (χ3n) is 0. The van der Waals surface area contributed by atoms with Gasteiger partial charge >= 0.3 is 0 Å². The summed E-state index contributed by atoms with van der Waals surface area (Å²) in [6.07, 6.45) is 0. The number of rotatable bonds is 0. The Morgan fingerprint density at radius 1 is 1.10 bits per heavy atom. The molecule has 70 valence electrons. The predicted molar refractivity (Wildman–Crippen MR) is 32.8 cm³/mol. The summed E-state index contributed by atoms with van der Waals surface area (Å²) in [6, 6.07) is 0. The van der Waals surface area contributed by atoms with E-state index >= 15 is 0 Å². The Hall–Kier alpha value is 0.389. The topological polar surface area (TPSA) is 191 Å². The number of nitrogens with two attached hydrogens (primary N) is 3. The molecule has 0 saturated carbocycles. The van der Waals surface area contributed by atoms with Crippen LogP contribution in [0.2, 0.25) is 0 Å². The first-order chi connectivity index (χ1) is 3.73. The van der Waals surface area contributed by atoms with Crippen LogP contribution in [-0.4, -0.2) is 18.5 Å². The van der Waals surface area contributed by atoms with Crippen molar-refractivity contribution in [1.29, 1.82) is 0 Å². The average molecular weight is 220 g/mol. The van der Waals surface area contributed by atoms with E-state index in [2.05, 4.69) is 17.6 Å². The van der Waals surface area contributed by atoms with E-state index in [1.165, 1.54) is 0 Å². The zero-order chi connectivity index (χ0) is 7.58. The van der Waals surface area contributed by atoms with Gasteiger partial charge in [-0.25, -0.2) is 5.90 Å². The van der Waals surface area contributed by atoms with E-state index in [9.17, 15) is 0 Å². The molecule has 0 atom stereocenters. The molecule has 0 aromatic rings. The van der Waals surface area contributed by atoms with Crippen molar-refractivity contribution < 1.29 is 35.6 Å². The second-order valence-electron chi connectivity index (χ2n) is 0.231. The summed E-state index contributed by atoms with van der Waals surface area (Å²) in [6.45, 7) is 0. The molecular weight excluding hydrogens is 208 g/mol. The zero-order valence-electron chi connectivity index (χ0n) is 4.95. The van der Waals surface area contributed by atoms with Crippen LogP contribution in [0.1, 0.15) is 0 Å². The van der Waals surface area contributed by atoms with Gasteiger partial charge in [-0.05, 0) is 0 Å². The molecule has 0 bridgehead atoms. The molecule has 0 aliphatic carbocycles. The van der Waals surface area contributed by atoms with Crippen LogP contribution in [0.25, 0.3) is 0 Å². The van der Waals surface area contributed by atoms with Crippen molar-refractivity contribution in [2.24, 2.45) is 17.6 Å². The molecule has 0 aliphatic heterocycles. The SMILES string of the molecule is N.NN.NO.O=S(O)O.[Fe]. The van der Waals surface area contributed by atoms with Crippen LogP contribution in [0.5, 0.6) is 0 Å². The molecule has 0 radical (unpaired) electrons. The Balaban J connectivity index is -0.0000000125. The fourth-order valence-corrected chi connectivity index (χ4v) is 0. The first-order valence-corrected chi connectivity index (χ1v) is 2.19. The summed E-state index contributed by atoms with van der Waals surface area (Å²) >= 11 is -2.61. The van der Waals surface area contributed by atoms with Crippen molar-refractivity contribution in [2.75, 3.05) is 0 Å². The molecular formula is H12FeN4O4S. The van der Waals surface area contributed by atoms with E-state index in [1.54, 1.807) is 0 Å². The molecule has 0 aliphatic rings. The van der Waals surface area contributed by atoms with Gasteiger partial charge in [-0.15, -0.1) is 0 Å². The maximum absolute atomic E-state index is 8.67. The molecule has 0 unspecified atom stereocenters. The van der Waals surface area contributed by atoms with E-state index in [0.717, 1.165) is 0 Å². The second-order valence-corrected chi connectivity index (χ2v) is 0.692. The molecule has 0 saturated heterocycles. The van der Waals surface area contributed by atoms with Gasteiger partial charge in [-0.2, -0.15) is 4.21 Å². The van der Waals surface area contributed by atoms with Crippen LogP contribution in [-0.2, 0) is 28.4 Å². The zero-order valence-corrected chi connectivity index (χ0v) is 6.87. The van der Waals surface area contributed by atoms with Crippen LogP contribution >= 0.6 is 0 Å². The Bertz CT molecular complexity index is 40.2. The molecule has 0 aromatic heterocycles. The van der Waals surface area contributed by atoms with Crippen LogP contribution < -0.4 is 23.7 Å². The van der Waals surface area contributed by atoms with E-state index in [1.807, 2.05) is 0 Å². The molecule has 0 amide bonds. The molecule has 0 heterocycles. The smallest absolute Gasteiger partial charge is 0.299 e. The van der Waals surface area contributed by atoms with Crippen LogP contribution in [0, 0.1) is 0 Å². The number of hydrogen-bond acceptors (Lipinski definition) is 6. The molecule has 10 heteroatoms. The van der Waals surface area contributed by atoms with Gasteiger partial charge in [-0.3, -0.25) is 20.8 Å². The average Bonchev–Trinajstić information content (AvgIpc) is 1.75. The van der Waals surface area contributed by atoms with Gasteiger partial charge in [0.1, 0.15) is 0 Å². The van der Waals surface area contributed by atoms with Gasteiger partial charge in [0.05, 0.1) is 0 Å². The fourth-order valence-electron chi connectivity index (χ4n) is 0. The van der Waals surface area contributed by atoms with Gasteiger partial charge in [0, 0.05) is 17.1 Å². The monoisotopic (exact) mass is 220 g/mol. The maximum atomic E-state index is 8.67. The van der Waals surface area contributed by atoms with Gasteiger partial charge in [-0.1, -0.05) is 0 Å². The summed E-state index contributed by atoms with van der Waals surface area (Å²) in [5, 5.41) is 6.50. The largest absolute Gasteiger partial charge is 0.344 e. The van der Waals surface area contributed by atoms with Crippen molar-refractivity contribution in [3.63, 3.8) is 0 Å². The predicted octanol–water partition coefficient (Wildman–Crippen LogP) is -2.01. The summed E-state index contributed by atoms with van der Waals surface area (Å²) < 4.78 is 22.8. The minimum atomic E-state index is -2.61. The van der Waals surface area contributed by atoms with Crippen molar-refractivity contribution in [1.82, 2.24) is 6.15 Å². The molecule has 0 aromatic carbocycles. The minimum Gasteiger partial charge on any atom is -0.344 e. The molecule has 0 rings (SSSR count). The van der Waals surface area contributed by atoms with E-state index in [0.29, 0.717) is 0 Å². The van der Waals surface area contributed by atoms with Crippen molar-refractivity contribution in [3.05, 3.63) is 0 Å². The third-order valence-corrected chi connectivity index (χ3v) is 0. The van der Waals surface area contributed by atoms with Crippen LogP contribution in [0.3, 0.4) is 0 Å². The first-order valence-electron chi connectivity index (χ1n) is 1.12. The number of hydrogen-bond donors (Lipinski definition) is 7. The third kappa shape index (κ3) is 3020. The molecule has 0 fully saturated rings. The Labute approximate surface area is 71.2 Å². The van der Waals surface area contributed by atoms with E-state index in [-0.39, 0.29) is 23.2 Å². The van der Waals surface area contributed by atoms with Crippen molar-refractivity contribution >= 4 is 11.4 Å². The minimum absolute atomic E-state index is 0. The summed E-state index contributed by atoms with van der Waals surface area (Å²) in [5.74, 6) is 11.5. The normalized spacial score (nSPS) is 4.70. The Kier molecular flexibility index (Phi) is 181. The van der Waals surface area contributed by atoms with E-state index in [4.69, 9.17) is 18.5 Å². The standard InChI is InChI=1S/Fe.H4N2.H3NO.H3N.H2O3S/c;2*1-2;;1-4(2)3/h;1-2H2;2H,1H2;1H3;(H2,1,2,3). The molecule has 0 spiro atoms. The molecule has 10 heavy (non-hydrogen) atoms. The molecule has 8 nitrogen and oxygen atoms in total. The summed E-state index contributed by atoms with van der Waals surface area (Å²) in [5.41, 5.74) is 0. The molecule has 12 N–H and O–H groups in total. The van der Waals surface area contributed by atoms with Crippen LogP contribution in [0.15, 0.2) is 0 Å². The van der Waals surface area contributed by atoms with Gasteiger partial charge in [0.15, 0.2) is 0 Å². The summed E-state index contributed by atoms with van der Waals surface area (Å²) in [7, 11) is 0. The van der Waals surface area contributed by atoms with Gasteiger partial charge < -0.3 is 11.4 Å². The number of hydrazine groups is 1. The Morgan fingerprint density at radius 2 is 1.10 bits per heavy atom. The van der Waals surface area contributed by atoms with Gasteiger partial charge in [0.25, 0.3) is 11.4 Å². The van der Waals surface area contributed by atoms with Crippen molar-refractivity contribution in [3.8, 4) is 0 Å². The Morgan fingerprint density at radius 3 is 1.10 bits per heavy atom. The fraction of sp³-hybridized carbons (Fsp3) is 0. The summed E-state index contributed by atoms with van der Waals surface area (Å²) in [4.78, 5) is 0. The van der Waals surface area contributed by atoms with E-state index < -0.39 is 11.4 Å². The first kappa shape index (κ1) is 31.5. The maximum Gasteiger partial charge on any atom is 0.299 e. The van der Waals surface area contributed by atoms with Crippen molar-refractivity contribution in [2.45, 2.75) is 0 Å². The van der Waals surface area contributed by atoms with Crippen LogP contribution in [0.4, 0.5) is 0 Å². The van der Waals surface area contributed by atoms with Gasteiger partial charge in [0.2, 0.25) is 0 Å². The quantitative estimate of drug-likeness (QED) is 0.105.